The minimum atomic E-state index is 0.180. The molecule has 0 bridgehead atoms. The first kappa shape index (κ1) is 16.2. The van der Waals surface area contributed by atoms with Crippen molar-refractivity contribution in [3.63, 3.8) is 0 Å². The molecule has 1 N–H and O–H groups in total. The van der Waals surface area contributed by atoms with Crippen molar-refractivity contribution < 1.29 is 5.11 Å². The molecule has 3 rings (SSSR count). The Morgan fingerprint density at radius 1 is 0.875 bits per heavy atom. The van der Waals surface area contributed by atoms with Crippen LogP contribution in [0.4, 0.5) is 11.9 Å². The maximum Gasteiger partial charge on any atom is 0.230 e. The zero-order valence-corrected chi connectivity index (χ0v) is 14.9. The van der Waals surface area contributed by atoms with E-state index in [-0.39, 0.29) is 5.75 Å². The predicted octanol–water partition coefficient (Wildman–Crippen LogP) is 3.10. The molecule has 0 aliphatic heterocycles. The molecule has 0 saturated heterocycles. The van der Waals surface area contributed by atoms with Crippen LogP contribution in [0.1, 0.15) is 0 Å². The summed E-state index contributed by atoms with van der Waals surface area (Å²) in [5.41, 5.74) is 1.05. The number of rotatable bonds is 4. The third-order valence-electron chi connectivity index (χ3n) is 3.39. The Morgan fingerprint density at radius 3 is 2.00 bits per heavy atom. The van der Waals surface area contributed by atoms with E-state index in [0.29, 0.717) is 22.6 Å². The molecule has 0 amide bonds. The lowest BCUT2D eigenvalue weighted by atomic mass is 10.2. The molecule has 0 spiro atoms. The van der Waals surface area contributed by atoms with E-state index in [9.17, 15) is 5.11 Å². The summed E-state index contributed by atoms with van der Waals surface area (Å²) in [6.07, 6.45) is 0. The highest BCUT2D eigenvalue weighted by atomic mass is 32.1. The van der Waals surface area contributed by atoms with Gasteiger partial charge < -0.3 is 14.9 Å². The molecule has 6 nitrogen and oxygen atoms in total. The predicted molar refractivity (Wildman–Crippen MR) is 98.9 cm³/mol. The van der Waals surface area contributed by atoms with Crippen LogP contribution in [0.5, 0.6) is 5.75 Å². The molecule has 2 heterocycles. The standard InChI is InChI=1S/C17H19N5OS/c1-21(2)16-18-15(19-17(20-16)22(3)4)14-12(23)10-13(24-14)11-8-6-5-7-9-11/h5-10,23H,1-4H3. The van der Waals surface area contributed by atoms with E-state index in [4.69, 9.17) is 0 Å². The van der Waals surface area contributed by atoms with Gasteiger partial charge in [0, 0.05) is 33.1 Å². The lowest BCUT2D eigenvalue weighted by molar-refractivity contribution is 0.479. The van der Waals surface area contributed by atoms with Gasteiger partial charge in [0.25, 0.3) is 0 Å². The molecule has 0 radical (unpaired) electrons. The lowest BCUT2D eigenvalue weighted by Gasteiger charge is -2.15. The fraction of sp³-hybridized carbons (Fsp3) is 0.235. The van der Waals surface area contributed by atoms with Gasteiger partial charge in [0.1, 0.15) is 10.6 Å². The molecular formula is C17H19N5OS. The van der Waals surface area contributed by atoms with E-state index in [1.54, 1.807) is 6.07 Å². The first-order valence-corrected chi connectivity index (χ1v) is 8.26. The van der Waals surface area contributed by atoms with Gasteiger partial charge in [-0.25, -0.2) is 0 Å². The number of hydrogen-bond donors (Lipinski definition) is 1. The third kappa shape index (κ3) is 3.16. The molecule has 0 saturated carbocycles. The van der Waals surface area contributed by atoms with Crippen molar-refractivity contribution in [2.45, 2.75) is 0 Å². The van der Waals surface area contributed by atoms with Gasteiger partial charge >= 0.3 is 0 Å². The summed E-state index contributed by atoms with van der Waals surface area (Å²) in [7, 11) is 7.51. The summed E-state index contributed by atoms with van der Waals surface area (Å²) in [6.45, 7) is 0. The molecule has 7 heteroatoms. The number of benzene rings is 1. The molecule has 0 atom stereocenters. The summed E-state index contributed by atoms with van der Waals surface area (Å²) in [4.78, 5) is 18.6. The minimum absolute atomic E-state index is 0.180. The van der Waals surface area contributed by atoms with Crippen LogP contribution < -0.4 is 9.80 Å². The largest absolute Gasteiger partial charge is 0.506 e. The highest BCUT2D eigenvalue weighted by molar-refractivity contribution is 7.19. The monoisotopic (exact) mass is 341 g/mol. The SMILES string of the molecule is CN(C)c1nc(-c2sc(-c3ccccc3)cc2O)nc(N(C)C)n1. The van der Waals surface area contributed by atoms with E-state index >= 15 is 0 Å². The second-order valence-corrected chi connectivity index (χ2v) is 6.79. The minimum Gasteiger partial charge on any atom is -0.506 e. The Bertz CT molecular complexity index is 819. The first-order chi connectivity index (χ1) is 11.5. The quantitative estimate of drug-likeness (QED) is 0.787. The first-order valence-electron chi connectivity index (χ1n) is 7.45. The fourth-order valence-electron chi connectivity index (χ4n) is 2.14. The van der Waals surface area contributed by atoms with Gasteiger partial charge in [0.15, 0.2) is 5.82 Å². The van der Waals surface area contributed by atoms with Crippen molar-refractivity contribution in [1.29, 1.82) is 0 Å². The molecule has 24 heavy (non-hydrogen) atoms. The van der Waals surface area contributed by atoms with Crippen LogP contribution in [0, 0.1) is 0 Å². The van der Waals surface area contributed by atoms with Crippen LogP contribution in [0.2, 0.25) is 0 Å². The van der Waals surface area contributed by atoms with Crippen molar-refractivity contribution in [1.82, 2.24) is 15.0 Å². The number of nitrogens with zero attached hydrogens (tertiary/aromatic N) is 5. The molecule has 124 valence electrons. The van der Waals surface area contributed by atoms with Gasteiger partial charge in [0.2, 0.25) is 11.9 Å². The van der Waals surface area contributed by atoms with E-state index < -0.39 is 0 Å². The molecule has 0 fully saturated rings. The molecule has 0 unspecified atom stereocenters. The summed E-state index contributed by atoms with van der Waals surface area (Å²) in [5, 5.41) is 10.4. The average molecular weight is 341 g/mol. The van der Waals surface area contributed by atoms with E-state index in [1.807, 2.05) is 68.3 Å². The number of hydrogen-bond acceptors (Lipinski definition) is 7. The van der Waals surface area contributed by atoms with Gasteiger partial charge in [-0.05, 0) is 11.6 Å². The molecule has 0 aliphatic rings. The molecular weight excluding hydrogens is 322 g/mol. The Hall–Kier alpha value is -2.67. The zero-order valence-electron chi connectivity index (χ0n) is 14.1. The third-order valence-corrected chi connectivity index (χ3v) is 4.55. The number of thiophene rings is 1. The summed E-state index contributed by atoms with van der Waals surface area (Å²) < 4.78 is 0. The highest BCUT2D eigenvalue weighted by Gasteiger charge is 2.17. The van der Waals surface area contributed by atoms with Crippen LogP contribution in [0.25, 0.3) is 21.1 Å². The highest BCUT2D eigenvalue weighted by Crippen LogP contribution is 2.41. The van der Waals surface area contributed by atoms with Crippen molar-refractivity contribution in [3.8, 4) is 26.9 Å². The van der Waals surface area contributed by atoms with Crippen molar-refractivity contribution in [3.05, 3.63) is 36.4 Å². The smallest absolute Gasteiger partial charge is 0.230 e. The Kier molecular flexibility index (Phi) is 4.35. The van der Waals surface area contributed by atoms with Gasteiger partial charge in [0.05, 0.1) is 0 Å². The summed E-state index contributed by atoms with van der Waals surface area (Å²) in [6, 6.07) is 11.7. The summed E-state index contributed by atoms with van der Waals surface area (Å²) in [5.74, 6) is 1.76. The zero-order chi connectivity index (χ0) is 17.3. The number of aromatic hydroxyl groups is 1. The molecule has 0 aliphatic carbocycles. The number of aromatic nitrogens is 3. The second-order valence-electron chi connectivity index (χ2n) is 5.74. The van der Waals surface area contributed by atoms with E-state index in [0.717, 1.165) is 10.4 Å². The normalized spacial score (nSPS) is 10.7. The molecule has 2 aromatic heterocycles. The molecule has 1 aromatic carbocycles. The Morgan fingerprint density at radius 2 is 1.46 bits per heavy atom. The van der Waals surface area contributed by atoms with Crippen molar-refractivity contribution >= 4 is 23.2 Å². The van der Waals surface area contributed by atoms with Crippen molar-refractivity contribution in [2.24, 2.45) is 0 Å². The Balaban J connectivity index is 2.10. The fourth-order valence-corrected chi connectivity index (χ4v) is 3.13. The second kappa shape index (κ2) is 6.45. The maximum absolute atomic E-state index is 10.4. The van der Waals surface area contributed by atoms with E-state index in [1.165, 1.54) is 11.3 Å². The van der Waals surface area contributed by atoms with Gasteiger partial charge in [-0.15, -0.1) is 11.3 Å². The van der Waals surface area contributed by atoms with Crippen molar-refractivity contribution in [2.75, 3.05) is 38.0 Å². The van der Waals surface area contributed by atoms with Gasteiger partial charge in [-0.3, -0.25) is 0 Å². The van der Waals surface area contributed by atoms with Gasteiger partial charge in [-0.1, -0.05) is 30.3 Å². The van der Waals surface area contributed by atoms with Crippen LogP contribution in [-0.4, -0.2) is 48.2 Å². The van der Waals surface area contributed by atoms with Crippen LogP contribution in [0.15, 0.2) is 36.4 Å². The summed E-state index contributed by atoms with van der Waals surface area (Å²) >= 11 is 1.47. The Labute approximate surface area is 145 Å². The topological polar surface area (TPSA) is 65.4 Å². The van der Waals surface area contributed by atoms with Crippen LogP contribution >= 0.6 is 11.3 Å². The van der Waals surface area contributed by atoms with Gasteiger partial charge in [-0.2, -0.15) is 15.0 Å². The number of anilines is 2. The lowest BCUT2D eigenvalue weighted by Crippen LogP contribution is -2.19. The molecule has 3 aromatic rings. The van der Waals surface area contributed by atoms with E-state index in [2.05, 4.69) is 15.0 Å². The van der Waals surface area contributed by atoms with Crippen LogP contribution in [0.3, 0.4) is 0 Å². The average Bonchev–Trinajstić information content (AvgIpc) is 2.97. The maximum atomic E-state index is 10.4. The van der Waals surface area contributed by atoms with Crippen LogP contribution in [-0.2, 0) is 0 Å².